The molecule has 0 aromatic heterocycles. The summed E-state index contributed by atoms with van der Waals surface area (Å²) in [6.45, 7) is 11.1. The second kappa shape index (κ2) is 5.32. The van der Waals surface area contributed by atoms with E-state index in [1.54, 1.807) is 0 Å². The molecule has 0 fully saturated rings. The van der Waals surface area contributed by atoms with Crippen LogP contribution in [-0.2, 0) is 6.42 Å². The van der Waals surface area contributed by atoms with Crippen molar-refractivity contribution in [1.29, 1.82) is 0 Å². The van der Waals surface area contributed by atoms with Gasteiger partial charge in [0.1, 0.15) is 0 Å². The van der Waals surface area contributed by atoms with Crippen molar-refractivity contribution >= 4 is 0 Å². The predicted octanol–water partition coefficient (Wildman–Crippen LogP) is 3.17. The Kier molecular flexibility index (Phi) is 4.34. The van der Waals surface area contributed by atoms with Gasteiger partial charge in [0.2, 0.25) is 0 Å². The quantitative estimate of drug-likeness (QED) is 0.744. The molecular formula is C14H23N. The molecule has 0 radical (unpaired) electrons. The number of hydrogen-bond donors (Lipinski definition) is 1. The van der Waals surface area contributed by atoms with E-state index in [1.807, 2.05) is 0 Å². The summed E-state index contributed by atoms with van der Waals surface area (Å²) in [5.74, 6) is 0. The lowest BCUT2D eigenvalue weighted by Crippen LogP contribution is -2.28. The third kappa shape index (κ3) is 4.98. The first-order chi connectivity index (χ1) is 6.99. The molecule has 1 aromatic rings. The summed E-state index contributed by atoms with van der Waals surface area (Å²) in [6.07, 6.45) is 1.13. The third-order valence-electron chi connectivity index (χ3n) is 2.49. The van der Waals surface area contributed by atoms with E-state index < -0.39 is 0 Å². The minimum Gasteiger partial charge on any atom is -0.316 e. The summed E-state index contributed by atoms with van der Waals surface area (Å²) >= 11 is 0. The normalized spacial score (nSPS) is 11.7. The molecule has 0 saturated carbocycles. The Bertz CT molecular complexity index is 296. The van der Waals surface area contributed by atoms with Gasteiger partial charge >= 0.3 is 0 Å². The molecule has 0 atom stereocenters. The van der Waals surface area contributed by atoms with Crippen LogP contribution in [0.15, 0.2) is 24.3 Å². The van der Waals surface area contributed by atoms with Crippen molar-refractivity contribution in [2.45, 2.75) is 34.1 Å². The molecule has 0 unspecified atom stereocenters. The molecule has 0 bridgehead atoms. The smallest absolute Gasteiger partial charge is 0.000000407 e. The zero-order valence-corrected chi connectivity index (χ0v) is 10.4. The largest absolute Gasteiger partial charge is 0.316 e. The second-order valence-corrected chi connectivity index (χ2v) is 5.41. The number of benzene rings is 1. The Morgan fingerprint density at radius 2 is 1.80 bits per heavy atom. The Labute approximate surface area is 93.9 Å². The van der Waals surface area contributed by atoms with Crippen molar-refractivity contribution in [1.82, 2.24) is 5.32 Å². The first-order valence-corrected chi connectivity index (χ1v) is 5.74. The van der Waals surface area contributed by atoms with E-state index >= 15 is 0 Å². The lowest BCUT2D eigenvalue weighted by Gasteiger charge is -2.18. The summed E-state index contributed by atoms with van der Waals surface area (Å²) in [7, 11) is 0. The topological polar surface area (TPSA) is 12.0 Å². The molecule has 1 aromatic carbocycles. The first-order valence-electron chi connectivity index (χ1n) is 5.74. The van der Waals surface area contributed by atoms with Crippen molar-refractivity contribution < 1.29 is 0 Å². The molecule has 0 saturated heterocycles. The monoisotopic (exact) mass is 205 g/mol. The van der Waals surface area contributed by atoms with Crippen LogP contribution >= 0.6 is 0 Å². The zero-order chi connectivity index (χ0) is 11.3. The van der Waals surface area contributed by atoms with Crippen LogP contribution in [-0.4, -0.2) is 13.1 Å². The van der Waals surface area contributed by atoms with Gasteiger partial charge in [-0.1, -0.05) is 45.0 Å². The minimum atomic E-state index is 0.381. The van der Waals surface area contributed by atoms with E-state index in [-0.39, 0.29) is 0 Å². The first kappa shape index (κ1) is 12.3. The molecule has 1 nitrogen and oxygen atoms in total. The van der Waals surface area contributed by atoms with Crippen LogP contribution in [0, 0.1) is 12.3 Å². The van der Waals surface area contributed by atoms with E-state index in [0.717, 1.165) is 19.5 Å². The standard InChI is InChI=1S/C14H23N/c1-12-7-5-6-8-13(12)9-10-15-11-14(2,3)4/h5-8,15H,9-11H2,1-4H3. The van der Waals surface area contributed by atoms with Gasteiger partial charge in [-0.05, 0) is 36.4 Å². The number of hydrogen-bond acceptors (Lipinski definition) is 1. The number of nitrogens with one attached hydrogen (secondary N) is 1. The van der Waals surface area contributed by atoms with Gasteiger partial charge in [-0.15, -0.1) is 0 Å². The molecule has 84 valence electrons. The second-order valence-electron chi connectivity index (χ2n) is 5.41. The fraction of sp³-hybridized carbons (Fsp3) is 0.571. The fourth-order valence-corrected chi connectivity index (χ4v) is 1.58. The minimum absolute atomic E-state index is 0.381. The van der Waals surface area contributed by atoms with Crippen LogP contribution in [0.3, 0.4) is 0 Å². The zero-order valence-electron chi connectivity index (χ0n) is 10.4. The highest BCUT2D eigenvalue weighted by atomic mass is 14.9. The molecule has 0 heterocycles. The highest BCUT2D eigenvalue weighted by Gasteiger charge is 2.08. The Balaban J connectivity index is 2.30. The highest BCUT2D eigenvalue weighted by Crippen LogP contribution is 2.11. The van der Waals surface area contributed by atoms with Crippen LogP contribution in [0.1, 0.15) is 31.9 Å². The molecule has 0 spiro atoms. The van der Waals surface area contributed by atoms with Crippen LogP contribution in [0.25, 0.3) is 0 Å². The van der Waals surface area contributed by atoms with Crippen LogP contribution in [0.5, 0.6) is 0 Å². The Morgan fingerprint density at radius 3 is 2.40 bits per heavy atom. The van der Waals surface area contributed by atoms with E-state index in [2.05, 4.69) is 57.3 Å². The predicted molar refractivity (Wildman–Crippen MR) is 67.2 cm³/mol. The Morgan fingerprint density at radius 1 is 1.13 bits per heavy atom. The van der Waals surface area contributed by atoms with Gasteiger partial charge in [-0.3, -0.25) is 0 Å². The van der Waals surface area contributed by atoms with E-state index in [1.165, 1.54) is 11.1 Å². The average Bonchev–Trinajstić information content (AvgIpc) is 2.13. The van der Waals surface area contributed by atoms with Gasteiger partial charge in [-0.25, -0.2) is 0 Å². The van der Waals surface area contributed by atoms with Crippen molar-refractivity contribution in [2.24, 2.45) is 5.41 Å². The Hall–Kier alpha value is -0.820. The molecule has 15 heavy (non-hydrogen) atoms. The number of aryl methyl sites for hydroxylation is 1. The van der Waals surface area contributed by atoms with Gasteiger partial charge in [0.15, 0.2) is 0 Å². The van der Waals surface area contributed by atoms with Crippen molar-refractivity contribution in [2.75, 3.05) is 13.1 Å². The highest BCUT2D eigenvalue weighted by molar-refractivity contribution is 5.25. The molecule has 0 amide bonds. The maximum atomic E-state index is 3.50. The van der Waals surface area contributed by atoms with Crippen LogP contribution in [0.2, 0.25) is 0 Å². The van der Waals surface area contributed by atoms with Gasteiger partial charge < -0.3 is 5.32 Å². The van der Waals surface area contributed by atoms with E-state index in [0.29, 0.717) is 5.41 Å². The lowest BCUT2D eigenvalue weighted by molar-refractivity contribution is 0.381. The molecule has 0 aliphatic heterocycles. The summed E-state index contributed by atoms with van der Waals surface area (Å²) in [5.41, 5.74) is 3.24. The summed E-state index contributed by atoms with van der Waals surface area (Å²) < 4.78 is 0. The van der Waals surface area contributed by atoms with Gasteiger partial charge in [-0.2, -0.15) is 0 Å². The SMILES string of the molecule is Cc1ccccc1CCNCC(C)(C)C. The number of rotatable bonds is 4. The average molecular weight is 205 g/mol. The maximum absolute atomic E-state index is 3.50. The van der Waals surface area contributed by atoms with Crippen molar-refractivity contribution in [3.8, 4) is 0 Å². The fourth-order valence-electron chi connectivity index (χ4n) is 1.58. The maximum Gasteiger partial charge on any atom is 0.000000407 e. The summed E-state index contributed by atoms with van der Waals surface area (Å²) in [6, 6.07) is 8.61. The molecule has 0 aliphatic carbocycles. The summed E-state index contributed by atoms with van der Waals surface area (Å²) in [5, 5.41) is 3.50. The van der Waals surface area contributed by atoms with E-state index in [9.17, 15) is 0 Å². The molecule has 1 heteroatoms. The van der Waals surface area contributed by atoms with Crippen LogP contribution < -0.4 is 5.32 Å². The van der Waals surface area contributed by atoms with Crippen molar-refractivity contribution in [3.05, 3.63) is 35.4 Å². The van der Waals surface area contributed by atoms with Crippen molar-refractivity contribution in [3.63, 3.8) is 0 Å². The van der Waals surface area contributed by atoms with Gasteiger partial charge in [0.25, 0.3) is 0 Å². The molecule has 0 aliphatic rings. The van der Waals surface area contributed by atoms with Crippen LogP contribution in [0.4, 0.5) is 0 Å². The third-order valence-corrected chi connectivity index (χ3v) is 2.49. The van der Waals surface area contributed by atoms with Gasteiger partial charge in [0.05, 0.1) is 0 Å². The molecular weight excluding hydrogens is 182 g/mol. The molecule has 1 rings (SSSR count). The molecule has 1 N–H and O–H groups in total. The van der Waals surface area contributed by atoms with Gasteiger partial charge in [0, 0.05) is 6.54 Å². The summed E-state index contributed by atoms with van der Waals surface area (Å²) in [4.78, 5) is 0. The lowest BCUT2D eigenvalue weighted by atomic mass is 9.97. The van der Waals surface area contributed by atoms with E-state index in [4.69, 9.17) is 0 Å².